The van der Waals surface area contributed by atoms with E-state index in [0.29, 0.717) is 0 Å². The molecule has 0 spiro atoms. The number of benzene rings is 2. The van der Waals surface area contributed by atoms with Gasteiger partial charge in [-0.05, 0) is 60.2 Å². The summed E-state index contributed by atoms with van der Waals surface area (Å²) in [6, 6.07) is 17.1. The van der Waals surface area contributed by atoms with Crippen LogP contribution in [0.25, 0.3) is 11.1 Å². The predicted octanol–water partition coefficient (Wildman–Crippen LogP) is 7.05. The van der Waals surface area contributed by atoms with Gasteiger partial charge < -0.3 is 5.11 Å². The van der Waals surface area contributed by atoms with Gasteiger partial charge in [0.05, 0.1) is 11.2 Å². The molecule has 0 unspecified atom stereocenters. The average Bonchev–Trinajstić information content (AvgIpc) is 2.98. The third kappa shape index (κ3) is 2.90. The molecule has 0 heterocycles. The van der Waals surface area contributed by atoms with Crippen LogP contribution < -0.4 is 0 Å². The fourth-order valence-corrected chi connectivity index (χ4v) is 4.20. The second-order valence-electron chi connectivity index (χ2n) is 6.72. The zero-order valence-electron chi connectivity index (χ0n) is 16.2. The lowest BCUT2D eigenvalue weighted by Gasteiger charge is -2.35. The summed E-state index contributed by atoms with van der Waals surface area (Å²) in [5, 5.41) is 9.77. The van der Waals surface area contributed by atoms with Crippen LogP contribution in [0, 0.1) is 0 Å². The third-order valence-electron chi connectivity index (χ3n) is 5.20. The Hall–Kier alpha value is -3.06. The fourth-order valence-electron chi connectivity index (χ4n) is 4.20. The van der Waals surface area contributed by atoms with Gasteiger partial charge in [0.2, 0.25) is 0 Å². The highest BCUT2D eigenvalue weighted by molar-refractivity contribution is 5.87. The molecule has 3 rings (SSSR count). The molecule has 1 heteroatoms. The van der Waals surface area contributed by atoms with E-state index in [2.05, 4.69) is 80.3 Å². The van der Waals surface area contributed by atoms with Crippen LogP contribution in [0.5, 0.6) is 0 Å². The Morgan fingerprint density at radius 1 is 0.889 bits per heavy atom. The van der Waals surface area contributed by atoms with Crippen molar-refractivity contribution in [2.45, 2.75) is 26.2 Å². The first-order chi connectivity index (χ1) is 13.1. The zero-order chi connectivity index (χ0) is 19.4. The van der Waals surface area contributed by atoms with Crippen molar-refractivity contribution < 1.29 is 5.11 Å². The summed E-state index contributed by atoms with van der Waals surface area (Å²) in [4.78, 5) is 0. The number of hydrogen-bond acceptors (Lipinski definition) is 1. The van der Waals surface area contributed by atoms with Gasteiger partial charge in [-0.2, -0.15) is 0 Å². The maximum absolute atomic E-state index is 9.77. The summed E-state index contributed by atoms with van der Waals surface area (Å²) in [7, 11) is 0. The summed E-state index contributed by atoms with van der Waals surface area (Å²) in [6.45, 7) is 9.92. The van der Waals surface area contributed by atoms with Gasteiger partial charge in [0.25, 0.3) is 0 Å². The van der Waals surface area contributed by atoms with Crippen molar-refractivity contribution in [2.75, 3.05) is 0 Å². The first-order valence-corrected chi connectivity index (χ1v) is 9.30. The van der Waals surface area contributed by atoms with Crippen molar-refractivity contribution in [1.29, 1.82) is 0 Å². The molecule has 2 aromatic carbocycles. The van der Waals surface area contributed by atoms with Crippen LogP contribution in [0.15, 0.2) is 108 Å². The Kier molecular flexibility index (Phi) is 5.32. The second kappa shape index (κ2) is 7.67. The molecule has 1 N–H and O–H groups in total. The highest BCUT2D eigenvalue weighted by Gasteiger charge is 2.46. The molecule has 1 nitrogen and oxygen atoms in total. The maximum Gasteiger partial charge on any atom is 0.0891 e. The van der Waals surface area contributed by atoms with Gasteiger partial charge in [-0.3, -0.25) is 0 Å². The minimum atomic E-state index is -0.456. The van der Waals surface area contributed by atoms with E-state index in [-0.39, 0.29) is 5.76 Å². The van der Waals surface area contributed by atoms with E-state index in [1.54, 1.807) is 13.0 Å². The van der Waals surface area contributed by atoms with Crippen molar-refractivity contribution in [3.05, 3.63) is 120 Å². The maximum atomic E-state index is 9.77. The number of rotatable bonds is 5. The molecular formula is C26H26O. The van der Waals surface area contributed by atoms with Gasteiger partial charge >= 0.3 is 0 Å². The SMILES string of the molecule is C=C/C(=C\C=C(/C)O)C1(C(/C=C\C)=C/C)c2ccccc2-c2ccccc21. The summed E-state index contributed by atoms with van der Waals surface area (Å²) < 4.78 is 0. The summed E-state index contributed by atoms with van der Waals surface area (Å²) in [5.41, 5.74) is 6.75. The second-order valence-corrected chi connectivity index (χ2v) is 6.72. The fraction of sp³-hybridized carbons (Fsp3) is 0.154. The number of allylic oxidation sites excluding steroid dienone is 9. The lowest BCUT2D eigenvalue weighted by molar-refractivity contribution is 0.414. The Morgan fingerprint density at radius 3 is 1.89 bits per heavy atom. The molecule has 0 radical (unpaired) electrons. The standard InChI is InChI=1S/C26H26O/c1-5-12-20(6-2)26(21(7-3)18-17-19(4)27)24-15-10-8-13-22(24)23-14-9-11-16-25(23)26/h5-18,27H,3H2,1-2,4H3/b12-5-,19-17+,20-6+,21-18+. The normalized spacial score (nSPS) is 16.3. The highest BCUT2D eigenvalue weighted by Crippen LogP contribution is 2.56. The monoisotopic (exact) mass is 354 g/mol. The van der Waals surface area contributed by atoms with E-state index in [0.717, 1.165) is 5.57 Å². The van der Waals surface area contributed by atoms with Crippen LogP contribution in [0.3, 0.4) is 0 Å². The van der Waals surface area contributed by atoms with Crippen LogP contribution in [0.4, 0.5) is 0 Å². The predicted molar refractivity (Wildman–Crippen MR) is 116 cm³/mol. The number of hydrogen-bond donors (Lipinski definition) is 1. The topological polar surface area (TPSA) is 20.2 Å². The largest absolute Gasteiger partial charge is 0.513 e. The minimum absolute atomic E-state index is 0.275. The van der Waals surface area contributed by atoms with E-state index >= 15 is 0 Å². The van der Waals surface area contributed by atoms with E-state index < -0.39 is 5.41 Å². The smallest absolute Gasteiger partial charge is 0.0891 e. The van der Waals surface area contributed by atoms with E-state index in [1.165, 1.54) is 27.8 Å². The lowest BCUT2D eigenvalue weighted by atomic mass is 9.66. The quantitative estimate of drug-likeness (QED) is 0.450. The van der Waals surface area contributed by atoms with Crippen LogP contribution in [-0.4, -0.2) is 5.11 Å². The van der Waals surface area contributed by atoms with Gasteiger partial charge in [-0.1, -0.05) is 85.5 Å². The first kappa shape index (κ1) is 18.7. The Balaban J connectivity index is 2.51. The summed E-state index contributed by atoms with van der Waals surface area (Å²) >= 11 is 0. The molecule has 0 saturated heterocycles. The number of aliphatic hydroxyl groups excluding tert-OH is 1. The van der Waals surface area contributed by atoms with Crippen LogP contribution >= 0.6 is 0 Å². The van der Waals surface area contributed by atoms with E-state index in [9.17, 15) is 5.11 Å². The number of aliphatic hydroxyl groups is 1. The van der Waals surface area contributed by atoms with E-state index in [4.69, 9.17) is 0 Å². The highest BCUT2D eigenvalue weighted by atomic mass is 16.3. The van der Waals surface area contributed by atoms with Gasteiger partial charge in [-0.25, -0.2) is 0 Å². The molecule has 136 valence electrons. The molecule has 0 fully saturated rings. The molecule has 0 saturated carbocycles. The first-order valence-electron chi connectivity index (χ1n) is 9.30. The molecule has 0 aliphatic heterocycles. The Morgan fingerprint density at radius 2 is 1.44 bits per heavy atom. The molecule has 0 amide bonds. The van der Waals surface area contributed by atoms with Crippen LogP contribution in [0.2, 0.25) is 0 Å². The molecule has 2 aromatic rings. The third-order valence-corrected chi connectivity index (χ3v) is 5.20. The van der Waals surface area contributed by atoms with Crippen molar-refractivity contribution in [3.8, 4) is 11.1 Å². The summed E-state index contributed by atoms with van der Waals surface area (Å²) in [6.07, 6.45) is 12.1. The molecule has 1 aliphatic rings. The molecule has 0 atom stereocenters. The van der Waals surface area contributed by atoms with Gasteiger partial charge in [0.1, 0.15) is 0 Å². The molecular weight excluding hydrogens is 328 g/mol. The molecule has 1 aliphatic carbocycles. The van der Waals surface area contributed by atoms with E-state index in [1.807, 2.05) is 19.1 Å². The minimum Gasteiger partial charge on any atom is -0.513 e. The molecule has 0 aromatic heterocycles. The molecule has 0 bridgehead atoms. The zero-order valence-corrected chi connectivity index (χ0v) is 16.2. The number of fused-ring (bicyclic) bond motifs is 3. The van der Waals surface area contributed by atoms with Gasteiger partial charge in [0, 0.05) is 0 Å². The Bertz CT molecular complexity index is 933. The average molecular weight is 354 g/mol. The van der Waals surface area contributed by atoms with Crippen LogP contribution in [0.1, 0.15) is 31.9 Å². The van der Waals surface area contributed by atoms with Crippen molar-refractivity contribution in [1.82, 2.24) is 0 Å². The van der Waals surface area contributed by atoms with Gasteiger partial charge in [0.15, 0.2) is 0 Å². The Labute approximate surface area is 162 Å². The summed E-state index contributed by atoms with van der Waals surface area (Å²) in [5.74, 6) is 0.275. The van der Waals surface area contributed by atoms with Crippen molar-refractivity contribution in [3.63, 3.8) is 0 Å². The van der Waals surface area contributed by atoms with Gasteiger partial charge in [-0.15, -0.1) is 0 Å². The van der Waals surface area contributed by atoms with Crippen molar-refractivity contribution in [2.24, 2.45) is 0 Å². The molecule has 27 heavy (non-hydrogen) atoms. The van der Waals surface area contributed by atoms with Crippen molar-refractivity contribution >= 4 is 0 Å². The van der Waals surface area contributed by atoms with Crippen LogP contribution in [-0.2, 0) is 5.41 Å². The lowest BCUT2D eigenvalue weighted by Crippen LogP contribution is -2.29.